The third-order valence-corrected chi connectivity index (χ3v) is 3.84. The topological polar surface area (TPSA) is 26.0 Å². The minimum Gasteiger partial charge on any atom is -0.324 e. The lowest BCUT2D eigenvalue weighted by Crippen LogP contribution is -2.23. The van der Waals surface area contributed by atoms with Crippen LogP contribution in [0.4, 0.5) is 4.39 Å². The van der Waals surface area contributed by atoms with Crippen molar-refractivity contribution in [1.82, 2.24) is 0 Å². The van der Waals surface area contributed by atoms with E-state index < -0.39 is 0 Å². The minimum absolute atomic E-state index is 0.00750. The van der Waals surface area contributed by atoms with Crippen LogP contribution in [-0.2, 0) is 0 Å². The van der Waals surface area contributed by atoms with E-state index in [4.69, 9.17) is 5.73 Å². The third kappa shape index (κ3) is 2.27. The molecule has 16 heavy (non-hydrogen) atoms. The number of aryl methyl sites for hydroxylation is 1. The van der Waals surface area contributed by atoms with E-state index in [-0.39, 0.29) is 11.9 Å². The van der Waals surface area contributed by atoms with Crippen LogP contribution in [0.3, 0.4) is 0 Å². The lowest BCUT2D eigenvalue weighted by molar-refractivity contribution is 0.350. The van der Waals surface area contributed by atoms with Gasteiger partial charge in [0.15, 0.2) is 0 Å². The van der Waals surface area contributed by atoms with Crippen molar-refractivity contribution >= 4 is 0 Å². The molecule has 3 unspecified atom stereocenters. The summed E-state index contributed by atoms with van der Waals surface area (Å²) in [6.07, 6.45) is 3.69. The second-order valence-corrected chi connectivity index (χ2v) is 5.16. The van der Waals surface area contributed by atoms with Crippen molar-refractivity contribution < 1.29 is 4.39 Å². The molecule has 1 aromatic rings. The summed E-state index contributed by atoms with van der Waals surface area (Å²) in [5, 5.41) is 0. The van der Waals surface area contributed by atoms with Crippen LogP contribution in [0.2, 0.25) is 0 Å². The maximum atomic E-state index is 13.3. The molecule has 2 N–H and O–H groups in total. The predicted molar refractivity (Wildman–Crippen MR) is 64.6 cm³/mol. The van der Waals surface area contributed by atoms with Gasteiger partial charge >= 0.3 is 0 Å². The highest BCUT2D eigenvalue weighted by molar-refractivity contribution is 5.26. The van der Waals surface area contributed by atoms with Gasteiger partial charge in [0.2, 0.25) is 0 Å². The molecule has 1 aliphatic carbocycles. The van der Waals surface area contributed by atoms with Gasteiger partial charge in [-0.1, -0.05) is 25.8 Å². The number of nitrogens with two attached hydrogens (primary N) is 1. The van der Waals surface area contributed by atoms with E-state index >= 15 is 0 Å². The molecule has 2 rings (SSSR count). The highest BCUT2D eigenvalue weighted by Gasteiger charge is 2.29. The average molecular weight is 221 g/mol. The monoisotopic (exact) mass is 221 g/mol. The largest absolute Gasteiger partial charge is 0.324 e. The predicted octanol–water partition coefficient (Wildman–Crippen LogP) is 3.57. The summed E-state index contributed by atoms with van der Waals surface area (Å²) in [5.41, 5.74) is 8.17. The smallest absolute Gasteiger partial charge is 0.123 e. The number of hydrogen-bond acceptors (Lipinski definition) is 1. The van der Waals surface area contributed by atoms with Gasteiger partial charge in [-0.2, -0.15) is 0 Å². The van der Waals surface area contributed by atoms with Gasteiger partial charge < -0.3 is 5.73 Å². The Morgan fingerprint density at radius 3 is 2.62 bits per heavy atom. The summed E-state index contributed by atoms with van der Waals surface area (Å²) in [4.78, 5) is 0. The van der Waals surface area contributed by atoms with Crippen molar-refractivity contribution in [3.8, 4) is 0 Å². The lowest BCUT2D eigenvalue weighted by Gasteiger charge is -2.24. The van der Waals surface area contributed by atoms with Gasteiger partial charge in [0.1, 0.15) is 5.82 Å². The molecule has 0 spiro atoms. The van der Waals surface area contributed by atoms with E-state index in [2.05, 4.69) is 6.92 Å². The van der Waals surface area contributed by atoms with Crippen molar-refractivity contribution in [1.29, 1.82) is 0 Å². The molecular formula is C14H20FN. The Bertz CT molecular complexity index is 355. The van der Waals surface area contributed by atoms with E-state index in [1.165, 1.54) is 19.3 Å². The quantitative estimate of drug-likeness (QED) is 0.811. The van der Waals surface area contributed by atoms with Gasteiger partial charge in [0.05, 0.1) is 0 Å². The fourth-order valence-corrected chi connectivity index (χ4v) is 2.91. The van der Waals surface area contributed by atoms with Gasteiger partial charge in [-0.15, -0.1) is 0 Å². The van der Waals surface area contributed by atoms with Gasteiger partial charge in [-0.25, -0.2) is 4.39 Å². The van der Waals surface area contributed by atoms with E-state index in [0.717, 1.165) is 11.1 Å². The Kier molecular flexibility index (Phi) is 3.29. The number of halogens is 1. The Morgan fingerprint density at radius 2 is 2.06 bits per heavy atom. The molecule has 2 heteroatoms. The molecule has 1 saturated carbocycles. The fourth-order valence-electron chi connectivity index (χ4n) is 2.91. The minimum atomic E-state index is -0.170. The van der Waals surface area contributed by atoms with E-state index in [9.17, 15) is 4.39 Å². The molecule has 0 saturated heterocycles. The Labute approximate surface area is 96.9 Å². The van der Waals surface area contributed by atoms with Crippen LogP contribution in [0.1, 0.15) is 43.4 Å². The van der Waals surface area contributed by atoms with Crippen molar-refractivity contribution in [3.05, 3.63) is 35.1 Å². The third-order valence-electron chi connectivity index (χ3n) is 3.84. The summed E-state index contributed by atoms with van der Waals surface area (Å²) >= 11 is 0. The molecule has 0 aliphatic heterocycles. The van der Waals surface area contributed by atoms with Crippen molar-refractivity contribution in [3.63, 3.8) is 0 Å². The van der Waals surface area contributed by atoms with Gasteiger partial charge in [-0.3, -0.25) is 0 Å². The molecule has 1 aromatic carbocycles. The van der Waals surface area contributed by atoms with Gasteiger partial charge in [0, 0.05) is 6.04 Å². The summed E-state index contributed by atoms with van der Waals surface area (Å²) in [6, 6.07) is 5.14. The van der Waals surface area contributed by atoms with E-state index in [1.807, 2.05) is 13.0 Å². The Hall–Kier alpha value is -0.890. The zero-order chi connectivity index (χ0) is 11.7. The number of hydrogen-bond donors (Lipinski definition) is 1. The maximum Gasteiger partial charge on any atom is 0.123 e. The first-order valence-corrected chi connectivity index (χ1v) is 6.10. The molecular weight excluding hydrogens is 201 g/mol. The first-order valence-electron chi connectivity index (χ1n) is 6.10. The molecule has 1 nitrogen and oxygen atoms in total. The van der Waals surface area contributed by atoms with Crippen molar-refractivity contribution in [2.75, 3.05) is 0 Å². The molecule has 1 fully saturated rings. The molecule has 0 heterocycles. The van der Waals surface area contributed by atoms with Gasteiger partial charge in [0.25, 0.3) is 0 Å². The van der Waals surface area contributed by atoms with E-state index in [0.29, 0.717) is 11.8 Å². The Morgan fingerprint density at radius 1 is 1.31 bits per heavy atom. The molecule has 0 radical (unpaired) electrons. The number of rotatable bonds is 2. The van der Waals surface area contributed by atoms with Crippen LogP contribution in [0.15, 0.2) is 18.2 Å². The standard InChI is InChI=1S/C14H20FN/c1-9-6-11(8-12(15)7-9)14(16)13-5-3-4-10(13)2/h6-8,10,13-14H,3-5,16H2,1-2H3. The number of benzene rings is 1. The summed E-state index contributed by atoms with van der Waals surface area (Å²) < 4.78 is 13.3. The zero-order valence-corrected chi connectivity index (χ0v) is 10.0. The zero-order valence-electron chi connectivity index (χ0n) is 10.0. The summed E-state index contributed by atoms with van der Waals surface area (Å²) in [5.74, 6) is 1.01. The first-order chi connectivity index (χ1) is 7.58. The maximum absolute atomic E-state index is 13.3. The molecule has 0 aromatic heterocycles. The van der Waals surface area contributed by atoms with Crippen molar-refractivity contribution in [2.45, 2.75) is 39.2 Å². The van der Waals surface area contributed by atoms with Crippen LogP contribution in [0.25, 0.3) is 0 Å². The van der Waals surface area contributed by atoms with Crippen LogP contribution >= 0.6 is 0 Å². The van der Waals surface area contributed by atoms with Crippen LogP contribution < -0.4 is 5.73 Å². The van der Waals surface area contributed by atoms with Crippen molar-refractivity contribution in [2.24, 2.45) is 17.6 Å². The molecule has 3 atom stereocenters. The highest BCUT2D eigenvalue weighted by Crippen LogP contribution is 2.38. The second kappa shape index (κ2) is 4.54. The van der Waals surface area contributed by atoms with Gasteiger partial charge in [-0.05, 0) is 48.4 Å². The van der Waals surface area contributed by atoms with E-state index in [1.54, 1.807) is 12.1 Å². The fraction of sp³-hybridized carbons (Fsp3) is 0.571. The second-order valence-electron chi connectivity index (χ2n) is 5.16. The van der Waals surface area contributed by atoms with Crippen LogP contribution in [0.5, 0.6) is 0 Å². The summed E-state index contributed by atoms with van der Waals surface area (Å²) in [6.45, 7) is 4.17. The van der Waals surface area contributed by atoms with Crippen LogP contribution in [0, 0.1) is 24.6 Å². The highest BCUT2D eigenvalue weighted by atomic mass is 19.1. The first kappa shape index (κ1) is 11.6. The molecule has 0 bridgehead atoms. The SMILES string of the molecule is Cc1cc(F)cc(C(N)C2CCCC2C)c1. The summed E-state index contributed by atoms with van der Waals surface area (Å²) in [7, 11) is 0. The lowest BCUT2D eigenvalue weighted by atomic mass is 9.86. The molecule has 1 aliphatic rings. The molecule has 88 valence electrons. The average Bonchev–Trinajstić information content (AvgIpc) is 2.62. The van der Waals surface area contributed by atoms with Crippen LogP contribution in [-0.4, -0.2) is 0 Å². The normalized spacial score (nSPS) is 27.0. The Balaban J connectivity index is 2.22. The molecule has 0 amide bonds.